The van der Waals surface area contributed by atoms with Gasteiger partial charge in [0.05, 0.1) is 6.10 Å². The lowest BCUT2D eigenvalue weighted by Gasteiger charge is -2.35. The van der Waals surface area contributed by atoms with Gasteiger partial charge >= 0.3 is 0 Å². The van der Waals surface area contributed by atoms with Crippen LogP contribution in [0, 0.1) is 12.8 Å². The summed E-state index contributed by atoms with van der Waals surface area (Å²) in [6, 6.07) is 2.96. The molecule has 0 bridgehead atoms. The van der Waals surface area contributed by atoms with Crippen LogP contribution in [-0.4, -0.2) is 67.8 Å². The third kappa shape index (κ3) is 7.12. The van der Waals surface area contributed by atoms with Gasteiger partial charge in [0, 0.05) is 18.7 Å². The number of amides is 2. The Hall–Kier alpha value is -2.75. The van der Waals surface area contributed by atoms with E-state index in [-0.39, 0.29) is 30.4 Å². The van der Waals surface area contributed by atoms with E-state index in [1.807, 2.05) is 47.6 Å². The number of hydrogen-bond donors (Lipinski definition) is 1. The van der Waals surface area contributed by atoms with E-state index in [4.69, 9.17) is 9.15 Å². The summed E-state index contributed by atoms with van der Waals surface area (Å²) in [7, 11) is 0. The normalized spacial score (nSPS) is 17.4. The molecule has 1 aliphatic rings. The maximum atomic E-state index is 13.5. The number of carbonyl (C=O) groups excluding carboxylic acids is 2. The third-order valence-electron chi connectivity index (χ3n) is 5.31. The molecule has 0 radical (unpaired) electrons. The molecule has 10 heteroatoms. The number of furan rings is 1. The molecule has 2 unspecified atom stereocenters. The van der Waals surface area contributed by atoms with Crippen molar-refractivity contribution in [3.63, 3.8) is 0 Å². The predicted octanol–water partition coefficient (Wildman–Crippen LogP) is 2.58. The highest BCUT2D eigenvalue weighted by Gasteiger charge is 2.35. The van der Waals surface area contributed by atoms with Crippen LogP contribution in [0.3, 0.4) is 0 Å². The zero-order valence-corrected chi connectivity index (χ0v) is 20.5. The third-order valence-corrected chi connectivity index (χ3v) is 5.31. The first-order chi connectivity index (χ1) is 15.5. The first-order valence-electron chi connectivity index (χ1n) is 11.6. The fraction of sp³-hybridized carbons (Fsp3) is 0.696. The van der Waals surface area contributed by atoms with Crippen molar-refractivity contribution >= 4 is 11.8 Å². The Kier molecular flexibility index (Phi) is 7.88. The summed E-state index contributed by atoms with van der Waals surface area (Å²) in [5, 5.41) is 15.4. The fourth-order valence-corrected chi connectivity index (χ4v) is 3.86. The number of aromatic nitrogens is 4. The van der Waals surface area contributed by atoms with Crippen LogP contribution in [0.5, 0.6) is 0 Å². The summed E-state index contributed by atoms with van der Waals surface area (Å²) in [4.78, 5) is 29.6. The van der Waals surface area contributed by atoms with Crippen molar-refractivity contribution in [1.82, 2.24) is 30.4 Å². The van der Waals surface area contributed by atoms with E-state index in [9.17, 15) is 9.59 Å². The Balaban J connectivity index is 1.82. The number of nitrogens with zero attached hydrogens (tertiary/aromatic N) is 5. The Labute approximate surface area is 195 Å². The Bertz CT molecular complexity index is 939. The molecule has 1 fully saturated rings. The minimum Gasteiger partial charge on any atom is -0.458 e. The molecular formula is C23H36N6O4. The van der Waals surface area contributed by atoms with Crippen LogP contribution < -0.4 is 5.32 Å². The van der Waals surface area contributed by atoms with Gasteiger partial charge in [0.25, 0.3) is 0 Å². The van der Waals surface area contributed by atoms with Crippen molar-refractivity contribution in [3.8, 4) is 11.6 Å². The average Bonchev–Trinajstić information content (AvgIpc) is 3.45. The van der Waals surface area contributed by atoms with Crippen molar-refractivity contribution in [2.45, 2.75) is 85.0 Å². The van der Waals surface area contributed by atoms with Crippen LogP contribution in [0.25, 0.3) is 11.6 Å². The van der Waals surface area contributed by atoms with E-state index in [0.29, 0.717) is 31.2 Å². The monoisotopic (exact) mass is 460 g/mol. The molecule has 2 atom stereocenters. The van der Waals surface area contributed by atoms with Crippen molar-refractivity contribution in [2.75, 3.05) is 13.2 Å². The molecule has 2 amide bonds. The molecular weight excluding hydrogens is 424 g/mol. The quantitative estimate of drug-likeness (QED) is 0.611. The molecule has 0 saturated carbocycles. The van der Waals surface area contributed by atoms with Crippen LogP contribution in [0.4, 0.5) is 0 Å². The van der Waals surface area contributed by atoms with Crippen LogP contribution in [-0.2, 0) is 20.9 Å². The van der Waals surface area contributed by atoms with Gasteiger partial charge in [-0.25, -0.2) is 0 Å². The van der Waals surface area contributed by atoms with E-state index in [1.165, 1.54) is 4.80 Å². The molecule has 3 heterocycles. The predicted molar refractivity (Wildman–Crippen MR) is 122 cm³/mol. The second kappa shape index (κ2) is 10.5. The van der Waals surface area contributed by atoms with E-state index >= 15 is 0 Å². The Morgan fingerprint density at radius 3 is 2.64 bits per heavy atom. The number of nitrogens with one attached hydrogen (secondary N) is 1. The highest BCUT2D eigenvalue weighted by Crippen LogP contribution is 2.20. The van der Waals surface area contributed by atoms with Crippen molar-refractivity contribution in [1.29, 1.82) is 0 Å². The Morgan fingerprint density at radius 1 is 1.30 bits per heavy atom. The standard InChI is InChI=1S/C23H36N6O4/c1-15(2)12-18(22(31)24-23(4,5)6)28(13-17-8-7-11-32-17)20(30)14-29-26-21(25-27-29)19-10-9-16(3)33-19/h9-10,15,17-18H,7-8,11-14H2,1-6H3,(H,24,31). The largest absolute Gasteiger partial charge is 0.458 e. The molecule has 182 valence electrons. The summed E-state index contributed by atoms with van der Waals surface area (Å²) in [5.41, 5.74) is -0.408. The van der Waals surface area contributed by atoms with E-state index in [1.54, 1.807) is 11.0 Å². The minimum absolute atomic E-state index is 0.0867. The van der Waals surface area contributed by atoms with Gasteiger partial charge in [-0.3, -0.25) is 9.59 Å². The van der Waals surface area contributed by atoms with Gasteiger partial charge in [-0.2, -0.15) is 4.80 Å². The molecule has 0 aliphatic carbocycles. The molecule has 3 rings (SSSR count). The van der Waals surface area contributed by atoms with Crippen LogP contribution in [0.1, 0.15) is 59.6 Å². The summed E-state index contributed by atoms with van der Waals surface area (Å²) < 4.78 is 11.3. The minimum atomic E-state index is -0.614. The smallest absolute Gasteiger partial charge is 0.247 e. The van der Waals surface area contributed by atoms with E-state index < -0.39 is 11.6 Å². The van der Waals surface area contributed by atoms with E-state index in [2.05, 4.69) is 20.7 Å². The summed E-state index contributed by atoms with van der Waals surface area (Å²) in [6.07, 6.45) is 2.27. The zero-order chi connectivity index (χ0) is 24.2. The van der Waals surface area contributed by atoms with Gasteiger partial charge in [-0.1, -0.05) is 13.8 Å². The van der Waals surface area contributed by atoms with Gasteiger partial charge in [-0.15, -0.1) is 10.2 Å². The molecule has 1 aliphatic heterocycles. The van der Waals surface area contributed by atoms with Crippen molar-refractivity contribution in [2.24, 2.45) is 5.92 Å². The van der Waals surface area contributed by atoms with Crippen LogP contribution in [0.2, 0.25) is 0 Å². The van der Waals surface area contributed by atoms with Gasteiger partial charge in [-0.05, 0) is 70.2 Å². The molecule has 33 heavy (non-hydrogen) atoms. The summed E-state index contributed by atoms with van der Waals surface area (Å²) in [5.74, 6) is 1.34. The molecule has 1 saturated heterocycles. The lowest BCUT2D eigenvalue weighted by Crippen LogP contribution is -2.56. The highest BCUT2D eigenvalue weighted by molar-refractivity contribution is 5.88. The average molecular weight is 461 g/mol. The number of rotatable bonds is 9. The van der Waals surface area contributed by atoms with Gasteiger partial charge in [0.2, 0.25) is 17.6 Å². The van der Waals surface area contributed by atoms with Crippen molar-refractivity contribution in [3.05, 3.63) is 17.9 Å². The molecule has 1 N–H and O–H groups in total. The maximum Gasteiger partial charge on any atom is 0.247 e. The first-order valence-corrected chi connectivity index (χ1v) is 11.6. The SMILES string of the molecule is Cc1ccc(-c2nnn(CC(=O)N(CC3CCCO3)C(CC(C)C)C(=O)NC(C)(C)C)n2)o1. The molecule has 2 aromatic heterocycles. The van der Waals surface area contributed by atoms with Crippen LogP contribution >= 0.6 is 0 Å². The fourth-order valence-electron chi connectivity index (χ4n) is 3.86. The zero-order valence-electron chi connectivity index (χ0n) is 20.5. The summed E-state index contributed by atoms with van der Waals surface area (Å²) in [6.45, 7) is 12.6. The van der Waals surface area contributed by atoms with E-state index in [0.717, 1.165) is 18.6 Å². The second-order valence-electron chi connectivity index (χ2n) is 10.1. The van der Waals surface area contributed by atoms with Gasteiger partial charge in [0.15, 0.2) is 5.76 Å². The van der Waals surface area contributed by atoms with Gasteiger partial charge in [0.1, 0.15) is 18.3 Å². The Morgan fingerprint density at radius 2 is 2.06 bits per heavy atom. The number of ether oxygens (including phenoxy) is 1. The lowest BCUT2D eigenvalue weighted by molar-refractivity contribution is -0.144. The molecule has 2 aromatic rings. The molecule has 10 nitrogen and oxygen atoms in total. The summed E-state index contributed by atoms with van der Waals surface area (Å²) >= 11 is 0. The topological polar surface area (TPSA) is 115 Å². The number of carbonyl (C=O) groups is 2. The number of hydrogen-bond acceptors (Lipinski definition) is 7. The van der Waals surface area contributed by atoms with Gasteiger partial charge < -0.3 is 19.4 Å². The number of aryl methyl sites for hydroxylation is 1. The molecule has 0 aromatic carbocycles. The second-order valence-corrected chi connectivity index (χ2v) is 10.1. The maximum absolute atomic E-state index is 13.5. The number of tetrazole rings is 1. The molecule has 0 spiro atoms. The van der Waals surface area contributed by atoms with Crippen molar-refractivity contribution < 1.29 is 18.7 Å². The first kappa shape index (κ1) is 24.9. The van der Waals surface area contributed by atoms with Crippen LogP contribution in [0.15, 0.2) is 16.5 Å². The lowest BCUT2D eigenvalue weighted by atomic mass is 9.99. The highest BCUT2D eigenvalue weighted by atomic mass is 16.5.